The number of pyridine rings is 2. The van der Waals surface area contributed by atoms with E-state index < -0.39 is 17.3 Å². The molecule has 0 bridgehead atoms. The molecule has 3 aromatic heterocycles. The average Bonchev–Trinajstić information content (AvgIpc) is 3.38. The van der Waals surface area contributed by atoms with E-state index in [1.54, 1.807) is 12.3 Å². The Labute approximate surface area is 223 Å². The summed E-state index contributed by atoms with van der Waals surface area (Å²) in [7, 11) is 1.41. The lowest BCUT2D eigenvalue weighted by molar-refractivity contribution is -0.146. The van der Waals surface area contributed by atoms with Crippen LogP contribution in [-0.2, 0) is 21.3 Å². The van der Waals surface area contributed by atoms with Crippen LogP contribution in [0.3, 0.4) is 0 Å². The van der Waals surface area contributed by atoms with Crippen molar-refractivity contribution in [3.05, 3.63) is 52.8 Å². The molecule has 0 aromatic carbocycles. The molecule has 1 aliphatic rings. The first-order valence-corrected chi connectivity index (χ1v) is 13.4. The fourth-order valence-corrected chi connectivity index (χ4v) is 5.81. The lowest BCUT2D eigenvalue weighted by Gasteiger charge is -2.28. The minimum atomic E-state index is -4.47. The van der Waals surface area contributed by atoms with Gasteiger partial charge in [-0.2, -0.15) is 13.2 Å². The van der Waals surface area contributed by atoms with Crippen molar-refractivity contribution in [2.75, 3.05) is 12.4 Å². The van der Waals surface area contributed by atoms with Crippen molar-refractivity contribution in [1.82, 2.24) is 15.0 Å². The van der Waals surface area contributed by atoms with Crippen LogP contribution in [0.5, 0.6) is 0 Å². The number of thiazole rings is 1. The maximum absolute atomic E-state index is 13.1. The number of carbonyl (C=O) groups excluding carboxylic acids is 1. The van der Waals surface area contributed by atoms with Crippen LogP contribution in [0.25, 0.3) is 10.6 Å². The second-order valence-electron chi connectivity index (χ2n) is 9.74. The van der Waals surface area contributed by atoms with Crippen LogP contribution >= 0.6 is 11.3 Å². The highest BCUT2D eigenvalue weighted by Gasteiger charge is 2.34. The zero-order valence-electron chi connectivity index (χ0n) is 21.3. The first kappa shape index (κ1) is 28.0. The first-order valence-electron chi connectivity index (χ1n) is 12.6. The van der Waals surface area contributed by atoms with E-state index in [4.69, 9.17) is 4.74 Å². The summed E-state index contributed by atoms with van der Waals surface area (Å²) in [5.41, 5.74) is -0.455. The Balaban J connectivity index is 1.54. The van der Waals surface area contributed by atoms with Crippen LogP contribution < -0.4 is 5.32 Å². The summed E-state index contributed by atoms with van der Waals surface area (Å²) in [6.07, 6.45) is 4.14. The molecular weight excluding hydrogens is 517 g/mol. The molecule has 3 heterocycles. The van der Waals surface area contributed by atoms with Gasteiger partial charge < -0.3 is 15.2 Å². The van der Waals surface area contributed by atoms with Gasteiger partial charge in [-0.3, -0.25) is 4.79 Å². The molecule has 204 valence electrons. The second-order valence-corrected chi connectivity index (χ2v) is 10.8. The Morgan fingerprint density at radius 1 is 1.11 bits per heavy atom. The van der Waals surface area contributed by atoms with Gasteiger partial charge >= 0.3 is 12.1 Å². The predicted octanol–water partition coefficient (Wildman–Crippen LogP) is 6.78. The van der Waals surface area contributed by atoms with Crippen LogP contribution in [-0.4, -0.2) is 33.1 Å². The zero-order chi connectivity index (χ0) is 27.3. The topological polar surface area (TPSA) is 97.2 Å². The van der Waals surface area contributed by atoms with Crippen molar-refractivity contribution in [2.45, 2.75) is 70.1 Å². The number of anilines is 2. The molecule has 0 amide bonds. The Hall–Kier alpha value is -3.05. The molecule has 1 saturated carbocycles. The first-order chi connectivity index (χ1) is 18.1. The number of hydrogen-bond donors (Lipinski definition) is 2. The van der Waals surface area contributed by atoms with Gasteiger partial charge in [0.15, 0.2) is 0 Å². The lowest BCUT2D eigenvalue weighted by atomic mass is 9.85. The molecular formula is C27H31F3N4O3S. The number of nitrogens with zero attached hydrogens (tertiary/aromatic N) is 3. The molecule has 38 heavy (non-hydrogen) atoms. The van der Waals surface area contributed by atoms with Crippen molar-refractivity contribution < 1.29 is 27.8 Å². The van der Waals surface area contributed by atoms with Gasteiger partial charge in [0.05, 0.1) is 29.2 Å². The maximum Gasteiger partial charge on any atom is 0.416 e. The van der Waals surface area contributed by atoms with Crippen LogP contribution in [0.2, 0.25) is 0 Å². The monoisotopic (exact) mass is 548 g/mol. The van der Waals surface area contributed by atoms with E-state index in [0.717, 1.165) is 54.5 Å². The highest BCUT2D eigenvalue weighted by molar-refractivity contribution is 7.15. The number of carbonyl (C=O) groups is 1. The molecule has 11 heteroatoms. The molecule has 2 N–H and O–H groups in total. The summed E-state index contributed by atoms with van der Waals surface area (Å²) in [5.74, 6) is 0.0480. The zero-order valence-corrected chi connectivity index (χ0v) is 22.2. The number of methoxy groups -OCH3 is 1. The average molecular weight is 549 g/mol. The SMILES string of the molecule is COC(=O)C1CCCCCC(O)(c2ncc(-c3cc(C)cc(Nc4cc(C(F)(F)F)ccn4)n3)s2)CCC1. The van der Waals surface area contributed by atoms with Crippen molar-refractivity contribution in [3.8, 4) is 10.6 Å². The fraction of sp³-hybridized carbons (Fsp3) is 0.481. The Morgan fingerprint density at radius 3 is 2.63 bits per heavy atom. The van der Waals surface area contributed by atoms with Gasteiger partial charge in [-0.1, -0.05) is 19.3 Å². The van der Waals surface area contributed by atoms with Crippen LogP contribution in [0.1, 0.15) is 67.5 Å². The highest BCUT2D eigenvalue weighted by atomic mass is 32.1. The predicted molar refractivity (Wildman–Crippen MR) is 139 cm³/mol. The van der Waals surface area contributed by atoms with E-state index in [1.807, 2.05) is 13.0 Å². The van der Waals surface area contributed by atoms with Gasteiger partial charge in [-0.25, -0.2) is 15.0 Å². The molecule has 2 atom stereocenters. The Bertz CT molecular complexity index is 1270. The third-order valence-electron chi connectivity index (χ3n) is 6.79. The van der Waals surface area contributed by atoms with E-state index in [1.165, 1.54) is 18.4 Å². The standard InChI is InChI=1S/C27H31F3N4O3S/c1-17-13-20(33-23(14-17)34-22-15-19(9-12-31-22)27(28,29)30)21-16-32-25(38-21)26(36)10-5-3-4-7-18(8-6-11-26)24(35)37-2/h9,12-16,18,36H,3-8,10-11H2,1-2H3,(H,31,33,34). The molecule has 2 unspecified atom stereocenters. The normalized spacial score (nSPS) is 21.1. The summed E-state index contributed by atoms with van der Waals surface area (Å²) < 4.78 is 44.2. The van der Waals surface area contributed by atoms with E-state index in [-0.39, 0.29) is 17.7 Å². The molecule has 0 radical (unpaired) electrons. The van der Waals surface area contributed by atoms with Gasteiger partial charge in [-0.05, 0) is 68.9 Å². The van der Waals surface area contributed by atoms with Crippen LogP contribution in [0, 0.1) is 12.8 Å². The van der Waals surface area contributed by atoms with E-state index in [0.29, 0.717) is 42.2 Å². The summed E-state index contributed by atoms with van der Waals surface area (Å²) in [6, 6.07) is 5.44. The number of aryl methyl sites for hydroxylation is 1. The molecule has 1 fully saturated rings. The third-order valence-corrected chi connectivity index (χ3v) is 8.00. The summed E-state index contributed by atoms with van der Waals surface area (Å²) in [6.45, 7) is 1.87. The van der Waals surface area contributed by atoms with Crippen molar-refractivity contribution >= 4 is 28.9 Å². The van der Waals surface area contributed by atoms with Gasteiger partial charge in [0.1, 0.15) is 22.2 Å². The quantitative estimate of drug-likeness (QED) is 0.339. The fourth-order valence-electron chi connectivity index (χ4n) is 4.78. The van der Waals surface area contributed by atoms with Gasteiger partial charge in [0.25, 0.3) is 0 Å². The second kappa shape index (κ2) is 11.8. The molecule has 4 rings (SSSR count). The van der Waals surface area contributed by atoms with Gasteiger partial charge in [0, 0.05) is 12.4 Å². The maximum atomic E-state index is 13.1. The Morgan fingerprint density at radius 2 is 1.87 bits per heavy atom. The van der Waals surface area contributed by atoms with E-state index in [9.17, 15) is 23.1 Å². The number of esters is 1. The minimum Gasteiger partial charge on any atom is -0.469 e. The molecule has 0 spiro atoms. The molecule has 1 aliphatic carbocycles. The van der Waals surface area contributed by atoms with Gasteiger partial charge in [0.2, 0.25) is 0 Å². The Kier molecular flexibility index (Phi) is 8.67. The highest BCUT2D eigenvalue weighted by Crippen LogP contribution is 2.40. The number of rotatable bonds is 5. The molecule has 7 nitrogen and oxygen atoms in total. The number of aliphatic hydroxyl groups is 1. The summed E-state index contributed by atoms with van der Waals surface area (Å²) in [5, 5.41) is 15.1. The third kappa shape index (κ3) is 6.87. The molecule has 0 saturated heterocycles. The van der Waals surface area contributed by atoms with E-state index in [2.05, 4.69) is 20.3 Å². The number of halogens is 3. The van der Waals surface area contributed by atoms with Gasteiger partial charge in [-0.15, -0.1) is 11.3 Å². The smallest absolute Gasteiger partial charge is 0.416 e. The number of nitrogens with one attached hydrogen (secondary N) is 1. The van der Waals surface area contributed by atoms with Crippen molar-refractivity contribution in [3.63, 3.8) is 0 Å². The van der Waals surface area contributed by atoms with E-state index >= 15 is 0 Å². The lowest BCUT2D eigenvalue weighted by Crippen LogP contribution is -2.27. The van der Waals surface area contributed by atoms with Crippen LogP contribution in [0.15, 0.2) is 36.7 Å². The summed E-state index contributed by atoms with van der Waals surface area (Å²) >= 11 is 1.35. The number of aromatic nitrogens is 3. The van der Waals surface area contributed by atoms with Crippen molar-refractivity contribution in [1.29, 1.82) is 0 Å². The minimum absolute atomic E-state index is 0.0370. The number of alkyl halides is 3. The number of hydrogen-bond acceptors (Lipinski definition) is 8. The largest absolute Gasteiger partial charge is 0.469 e. The van der Waals surface area contributed by atoms with Crippen molar-refractivity contribution in [2.24, 2.45) is 5.92 Å². The summed E-state index contributed by atoms with van der Waals surface area (Å²) in [4.78, 5) is 25.9. The van der Waals surface area contributed by atoms with Crippen LogP contribution in [0.4, 0.5) is 24.8 Å². The molecule has 0 aliphatic heterocycles. The number of ether oxygens (including phenoxy) is 1. The molecule has 3 aromatic rings.